The van der Waals surface area contributed by atoms with E-state index in [9.17, 15) is 0 Å². The molecule has 1 saturated carbocycles. The SMILES string of the molecule is Cc1ccc(SOC2CCC(N)CC2)cc1. The molecule has 1 aromatic rings. The number of hydrogen-bond donors (Lipinski definition) is 1. The first kappa shape index (κ1) is 12.0. The van der Waals surface area contributed by atoms with Crippen LogP contribution in [-0.4, -0.2) is 12.1 Å². The van der Waals surface area contributed by atoms with Crippen LogP contribution in [-0.2, 0) is 4.18 Å². The smallest absolute Gasteiger partial charge is 0.0728 e. The first-order chi connectivity index (χ1) is 7.74. The van der Waals surface area contributed by atoms with Crippen LogP contribution in [0.5, 0.6) is 0 Å². The molecule has 0 radical (unpaired) electrons. The van der Waals surface area contributed by atoms with Crippen molar-refractivity contribution in [3.05, 3.63) is 29.8 Å². The summed E-state index contributed by atoms with van der Waals surface area (Å²) in [5, 5.41) is 0. The van der Waals surface area contributed by atoms with Gasteiger partial charge in [0, 0.05) is 23.0 Å². The fourth-order valence-corrected chi connectivity index (χ4v) is 2.59. The molecule has 2 rings (SSSR count). The molecular formula is C13H19NOS. The Kier molecular flexibility index (Phi) is 4.27. The minimum absolute atomic E-state index is 0.381. The maximum Gasteiger partial charge on any atom is 0.0728 e. The Hall–Kier alpha value is -0.510. The van der Waals surface area contributed by atoms with Gasteiger partial charge in [-0.25, -0.2) is 0 Å². The van der Waals surface area contributed by atoms with Gasteiger partial charge in [0.05, 0.1) is 6.10 Å². The number of benzene rings is 1. The molecule has 16 heavy (non-hydrogen) atoms. The standard InChI is InChI=1S/C13H19NOS/c1-10-2-8-13(9-3-10)16-15-12-6-4-11(14)5-7-12/h2-3,8-9,11-12H,4-7,14H2,1H3. The number of rotatable bonds is 3. The lowest BCUT2D eigenvalue weighted by atomic mass is 9.94. The zero-order valence-corrected chi connectivity index (χ0v) is 10.5. The van der Waals surface area contributed by atoms with Crippen LogP contribution in [0, 0.1) is 6.92 Å². The Morgan fingerprint density at radius 2 is 1.75 bits per heavy atom. The molecule has 3 heteroatoms. The Morgan fingerprint density at radius 1 is 1.12 bits per heavy atom. The average molecular weight is 237 g/mol. The Bertz CT molecular complexity index is 317. The number of nitrogens with two attached hydrogens (primary N) is 1. The van der Waals surface area contributed by atoms with Crippen molar-refractivity contribution >= 4 is 12.0 Å². The first-order valence-electron chi connectivity index (χ1n) is 5.89. The van der Waals surface area contributed by atoms with Gasteiger partial charge in [0.2, 0.25) is 0 Å². The summed E-state index contributed by atoms with van der Waals surface area (Å²) in [6.45, 7) is 2.10. The van der Waals surface area contributed by atoms with Gasteiger partial charge < -0.3 is 9.92 Å². The van der Waals surface area contributed by atoms with Crippen molar-refractivity contribution in [2.45, 2.75) is 49.6 Å². The van der Waals surface area contributed by atoms with E-state index in [0.29, 0.717) is 12.1 Å². The molecule has 88 valence electrons. The molecule has 2 N–H and O–H groups in total. The van der Waals surface area contributed by atoms with Crippen LogP contribution in [0.2, 0.25) is 0 Å². The van der Waals surface area contributed by atoms with Crippen LogP contribution in [0.25, 0.3) is 0 Å². The molecule has 0 unspecified atom stereocenters. The maximum atomic E-state index is 5.86. The topological polar surface area (TPSA) is 35.2 Å². The predicted molar refractivity (Wildman–Crippen MR) is 68.4 cm³/mol. The van der Waals surface area contributed by atoms with Crippen molar-refractivity contribution in [2.24, 2.45) is 5.73 Å². The maximum absolute atomic E-state index is 5.86. The summed E-state index contributed by atoms with van der Waals surface area (Å²) in [7, 11) is 0. The lowest BCUT2D eigenvalue weighted by Crippen LogP contribution is -2.29. The summed E-state index contributed by atoms with van der Waals surface area (Å²) in [5.41, 5.74) is 7.14. The molecule has 0 amide bonds. The summed E-state index contributed by atoms with van der Waals surface area (Å²) in [4.78, 5) is 1.18. The van der Waals surface area contributed by atoms with Gasteiger partial charge in [0.25, 0.3) is 0 Å². The summed E-state index contributed by atoms with van der Waals surface area (Å²) >= 11 is 1.50. The van der Waals surface area contributed by atoms with E-state index in [2.05, 4.69) is 31.2 Å². The summed E-state index contributed by atoms with van der Waals surface area (Å²) in [6, 6.07) is 8.83. The van der Waals surface area contributed by atoms with Crippen molar-refractivity contribution in [1.82, 2.24) is 0 Å². The molecule has 2 nitrogen and oxygen atoms in total. The first-order valence-corrected chi connectivity index (χ1v) is 6.64. The largest absolute Gasteiger partial charge is 0.328 e. The molecule has 1 fully saturated rings. The highest BCUT2D eigenvalue weighted by Gasteiger charge is 2.19. The normalized spacial score (nSPS) is 25.6. The van der Waals surface area contributed by atoms with Gasteiger partial charge in [-0.15, -0.1) is 0 Å². The van der Waals surface area contributed by atoms with Gasteiger partial charge in [-0.1, -0.05) is 17.7 Å². The lowest BCUT2D eigenvalue weighted by Gasteiger charge is -2.25. The molecule has 0 heterocycles. The van der Waals surface area contributed by atoms with Crippen molar-refractivity contribution in [2.75, 3.05) is 0 Å². The molecule has 0 aliphatic heterocycles. The van der Waals surface area contributed by atoms with Crippen molar-refractivity contribution in [3.8, 4) is 0 Å². The summed E-state index contributed by atoms with van der Waals surface area (Å²) < 4.78 is 5.82. The fraction of sp³-hybridized carbons (Fsp3) is 0.538. The van der Waals surface area contributed by atoms with E-state index >= 15 is 0 Å². The zero-order valence-electron chi connectivity index (χ0n) is 9.69. The number of aryl methyl sites for hydroxylation is 1. The van der Waals surface area contributed by atoms with Crippen molar-refractivity contribution in [3.63, 3.8) is 0 Å². The van der Waals surface area contributed by atoms with Crippen LogP contribution >= 0.6 is 12.0 Å². The van der Waals surface area contributed by atoms with Crippen LogP contribution in [0.4, 0.5) is 0 Å². The van der Waals surface area contributed by atoms with Crippen molar-refractivity contribution < 1.29 is 4.18 Å². The molecular weight excluding hydrogens is 218 g/mol. The van der Waals surface area contributed by atoms with Gasteiger partial charge in [0.15, 0.2) is 0 Å². The minimum atomic E-state index is 0.381. The van der Waals surface area contributed by atoms with Gasteiger partial charge in [-0.2, -0.15) is 0 Å². The fourth-order valence-electron chi connectivity index (χ4n) is 1.90. The van der Waals surface area contributed by atoms with Gasteiger partial charge in [-0.3, -0.25) is 0 Å². The van der Waals surface area contributed by atoms with E-state index in [1.807, 2.05) is 0 Å². The van der Waals surface area contributed by atoms with E-state index in [4.69, 9.17) is 9.92 Å². The summed E-state index contributed by atoms with van der Waals surface area (Å²) in [5.74, 6) is 0. The molecule has 0 spiro atoms. The van der Waals surface area contributed by atoms with E-state index in [1.54, 1.807) is 0 Å². The molecule has 1 aromatic carbocycles. The van der Waals surface area contributed by atoms with E-state index < -0.39 is 0 Å². The van der Waals surface area contributed by atoms with Crippen LogP contribution < -0.4 is 5.73 Å². The third kappa shape index (κ3) is 3.51. The Labute approximate surface area is 102 Å². The minimum Gasteiger partial charge on any atom is -0.328 e. The van der Waals surface area contributed by atoms with Crippen LogP contribution in [0.15, 0.2) is 29.2 Å². The quantitative estimate of drug-likeness (QED) is 0.819. The van der Waals surface area contributed by atoms with Crippen LogP contribution in [0.1, 0.15) is 31.2 Å². The third-order valence-electron chi connectivity index (χ3n) is 3.02. The number of hydrogen-bond acceptors (Lipinski definition) is 3. The van der Waals surface area contributed by atoms with E-state index in [1.165, 1.54) is 22.5 Å². The molecule has 1 aliphatic rings. The van der Waals surface area contributed by atoms with E-state index in [0.717, 1.165) is 25.7 Å². The second-order valence-corrected chi connectivity index (χ2v) is 5.36. The van der Waals surface area contributed by atoms with Gasteiger partial charge >= 0.3 is 0 Å². The third-order valence-corrected chi connectivity index (χ3v) is 3.85. The zero-order chi connectivity index (χ0) is 11.4. The summed E-state index contributed by atoms with van der Waals surface area (Å²) in [6.07, 6.45) is 4.77. The second-order valence-electron chi connectivity index (χ2n) is 4.53. The van der Waals surface area contributed by atoms with Gasteiger partial charge in [-0.05, 0) is 44.7 Å². The highest BCUT2D eigenvalue weighted by atomic mass is 32.2. The van der Waals surface area contributed by atoms with Crippen molar-refractivity contribution in [1.29, 1.82) is 0 Å². The highest BCUT2D eigenvalue weighted by molar-refractivity contribution is 7.94. The van der Waals surface area contributed by atoms with Gasteiger partial charge in [0.1, 0.15) is 0 Å². The van der Waals surface area contributed by atoms with E-state index in [-0.39, 0.29) is 0 Å². The molecule has 0 atom stereocenters. The second kappa shape index (κ2) is 5.71. The average Bonchev–Trinajstić information content (AvgIpc) is 2.30. The Morgan fingerprint density at radius 3 is 2.38 bits per heavy atom. The molecule has 0 bridgehead atoms. The van der Waals surface area contributed by atoms with Crippen LogP contribution in [0.3, 0.4) is 0 Å². The predicted octanol–water partition coefficient (Wildman–Crippen LogP) is 3.29. The highest BCUT2D eigenvalue weighted by Crippen LogP contribution is 2.27. The molecule has 0 saturated heterocycles. The molecule has 1 aliphatic carbocycles. The monoisotopic (exact) mass is 237 g/mol. The molecule has 0 aromatic heterocycles. The Balaban J connectivity index is 1.77. The lowest BCUT2D eigenvalue weighted by molar-refractivity contribution is 0.175.